The molecule has 144 valence electrons. The highest BCUT2D eigenvalue weighted by Crippen LogP contribution is 2.30. The second-order valence-electron chi connectivity index (χ2n) is 5.53. The molecule has 3 aromatic rings. The van der Waals surface area contributed by atoms with Crippen LogP contribution in [0.4, 0.5) is 26.0 Å². The number of hydrogen-bond acceptors (Lipinski definition) is 6. The van der Waals surface area contributed by atoms with Gasteiger partial charge in [-0.05, 0) is 24.3 Å². The lowest BCUT2D eigenvalue weighted by atomic mass is 10.2. The maximum Gasteiger partial charge on any atom is 0.276 e. The van der Waals surface area contributed by atoms with Gasteiger partial charge in [0.2, 0.25) is 0 Å². The number of hydrogen-bond donors (Lipinski definition) is 2. The van der Waals surface area contributed by atoms with E-state index in [4.69, 9.17) is 9.47 Å². The van der Waals surface area contributed by atoms with E-state index >= 15 is 0 Å². The molecule has 7 nitrogen and oxygen atoms in total. The standard InChI is InChI=1S/C19H16F2N4O3/c1-27-11-6-7-14(16(8-11)28-2)24-17-10-22-15(9-23-17)19(26)25-18-12(20)4-3-5-13(18)21/h3-10H,1-2H3,(H,23,24)(H,25,26). The van der Waals surface area contributed by atoms with Gasteiger partial charge in [-0.3, -0.25) is 4.79 Å². The monoisotopic (exact) mass is 386 g/mol. The van der Waals surface area contributed by atoms with Crippen LogP contribution in [0.5, 0.6) is 11.5 Å². The summed E-state index contributed by atoms with van der Waals surface area (Å²) >= 11 is 0. The van der Waals surface area contributed by atoms with Crippen LogP contribution in [0, 0.1) is 11.6 Å². The van der Waals surface area contributed by atoms with Gasteiger partial charge in [-0.2, -0.15) is 0 Å². The molecule has 2 aromatic carbocycles. The molecule has 1 aromatic heterocycles. The molecule has 28 heavy (non-hydrogen) atoms. The third kappa shape index (κ3) is 4.14. The molecule has 1 amide bonds. The maximum atomic E-state index is 13.6. The highest BCUT2D eigenvalue weighted by atomic mass is 19.1. The summed E-state index contributed by atoms with van der Waals surface area (Å²) in [5, 5.41) is 5.15. The molecule has 0 radical (unpaired) electrons. The Morgan fingerprint density at radius 2 is 1.75 bits per heavy atom. The van der Waals surface area contributed by atoms with Gasteiger partial charge in [0.25, 0.3) is 5.91 Å². The summed E-state index contributed by atoms with van der Waals surface area (Å²) in [6.07, 6.45) is 2.50. The van der Waals surface area contributed by atoms with E-state index < -0.39 is 23.2 Å². The van der Waals surface area contributed by atoms with Crippen LogP contribution >= 0.6 is 0 Å². The molecule has 2 N–H and O–H groups in total. The number of halogens is 2. The van der Waals surface area contributed by atoms with Crippen LogP contribution in [0.2, 0.25) is 0 Å². The summed E-state index contributed by atoms with van der Waals surface area (Å²) < 4.78 is 37.7. The molecule has 0 unspecified atom stereocenters. The summed E-state index contributed by atoms with van der Waals surface area (Å²) in [4.78, 5) is 20.2. The number of benzene rings is 2. The maximum absolute atomic E-state index is 13.6. The van der Waals surface area contributed by atoms with E-state index in [9.17, 15) is 13.6 Å². The number of nitrogens with one attached hydrogen (secondary N) is 2. The van der Waals surface area contributed by atoms with Gasteiger partial charge in [0.15, 0.2) is 0 Å². The van der Waals surface area contributed by atoms with Gasteiger partial charge >= 0.3 is 0 Å². The first-order valence-electron chi connectivity index (χ1n) is 8.08. The number of carbonyl (C=O) groups excluding carboxylic acids is 1. The number of aromatic nitrogens is 2. The lowest BCUT2D eigenvalue weighted by molar-refractivity contribution is 0.102. The van der Waals surface area contributed by atoms with Crippen LogP contribution in [0.3, 0.4) is 0 Å². The second kappa shape index (κ2) is 8.30. The molecule has 0 aliphatic heterocycles. The van der Waals surface area contributed by atoms with Crippen molar-refractivity contribution in [2.75, 3.05) is 24.9 Å². The highest BCUT2D eigenvalue weighted by Gasteiger charge is 2.15. The first kappa shape index (κ1) is 19.0. The number of ether oxygens (including phenoxy) is 2. The fourth-order valence-electron chi connectivity index (χ4n) is 2.34. The number of rotatable bonds is 6. The third-order valence-electron chi connectivity index (χ3n) is 3.76. The minimum absolute atomic E-state index is 0.102. The lowest BCUT2D eigenvalue weighted by Gasteiger charge is -2.12. The molecule has 0 spiro atoms. The molecule has 1 heterocycles. The van der Waals surface area contributed by atoms with E-state index in [0.717, 1.165) is 12.1 Å². The quantitative estimate of drug-likeness (QED) is 0.671. The number of para-hydroxylation sites is 1. The van der Waals surface area contributed by atoms with Crippen molar-refractivity contribution in [2.45, 2.75) is 0 Å². The van der Waals surface area contributed by atoms with Crippen LogP contribution in [0.1, 0.15) is 10.5 Å². The number of nitrogens with zero attached hydrogens (tertiary/aromatic N) is 2. The summed E-state index contributed by atoms with van der Waals surface area (Å²) in [7, 11) is 3.06. The normalized spacial score (nSPS) is 10.3. The molecule has 9 heteroatoms. The first-order chi connectivity index (χ1) is 13.5. The van der Waals surface area contributed by atoms with Crippen molar-refractivity contribution >= 4 is 23.1 Å². The fourth-order valence-corrected chi connectivity index (χ4v) is 2.34. The second-order valence-corrected chi connectivity index (χ2v) is 5.53. The SMILES string of the molecule is COc1ccc(Nc2cnc(C(=O)Nc3c(F)cccc3F)cn2)c(OC)c1. The molecule has 3 rings (SSSR count). The number of carbonyl (C=O) groups is 1. The molecule has 0 aliphatic carbocycles. The Morgan fingerprint density at radius 3 is 2.36 bits per heavy atom. The van der Waals surface area contributed by atoms with Crippen molar-refractivity contribution in [3.63, 3.8) is 0 Å². The minimum atomic E-state index is -0.883. The Hall–Kier alpha value is -3.75. The molecular weight excluding hydrogens is 370 g/mol. The molecule has 0 bridgehead atoms. The van der Waals surface area contributed by atoms with Crippen molar-refractivity contribution in [3.8, 4) is 11.5 Å². The Morgan fingerprint density at radius 1 is 1.00 bits per heavy atom. The third-order valence-corrected chi connectivity index (χ3v) is 3.76. The van der Waals surface area contributed by atoms with Crippen molar-refractivity contribution in [2.24, 2.45) is 0 Å². The highest BCUT2D eigenvalue weighted by molar-refractivity contribution is 6.02. The van der Waals surface area contributed by atoms with Gasteiger partial charge < -0.3 is 20.1 Å². The van der Waals surface area contributed by atoms with Crippen LogP contribution in [0.25, 0.3) is 0 Å². The Balaban J connectivity index is 1.74. The lowest BCUT2D eigenvalue weighted by Crippen LogP contribution is -2.16. The zero-order valence-corrected chi connectivity index (χ0v) is 15.0. The summed E-state index contributed by atoms with van der Waals surface area (Å²) in [6, 6.07) is 8.46. The van der Waals surface area contributed by atoms with Gasteiger partial charge in [-0.1, -0.05) is 6.07 Å². The molecule has 0 saturated heterocycles. The molecule has 0 saturated carbocycles. The van der Waals surface area contributed by atoms with Crippen LogP contribution in [-0.4, -0.2) is 30.1 Å². The van der Waals surface area contributed by atoms with Gasteiger partial charge in [-0.25, -0.2) is 18.7 Å². The number of methoxy groups -OCH3 is 2. The summed E-state index contributed by atoms with van der Waals surface area (Å²) in [5.41, 5.74) is -0.0300. The van der Waals surface area contributed by atoms with E-state index in [-0.39, 0.29) is 5.69 Å². The van der Waals surface area contributed by atoms with Crippen LogP contribution in [0.15, 0.2) is 48.8 Å². The molecule has 0 fully saturated rings. The largest absolute Gasteiger partial charge is 0.497 e. The van der Waals surface area contributed by atoms with E-state index in [1.807, 2.05) is 0 Å². The zero-order valence-electron chi connectivity index (χ0n) is 15.0. The average molecular weight is 386 g/mol. The van der Waals surface area contributed by atoms with Gasteiger partial charge in [0.1, 0.15) is 40.3 Å². The van der Waals surface area contributed by atoms with Gasteiger partial charge in [0.05, 0.1) is 32.3 Å². The Kier molecular flexibility index (Phi) is 5.64. The number of amides is 1. The molecular formula is C19H16F2N4O3. The summed E-state index contributed by atoms with van der Waals surface area (Å²) in [6.45, 7) is 0. The van der Waals surface area contributed by atoms with Crippen molar-refractivity contribution in [3.05, 3.63) is 66.1 Å². The van der Waals surface area contributed by atoms with E-state index in [2.05, 4.69) is 20.6 Å². The van der Waals surface area contributed by atoms with E-state index in [1.54, 1.807) is 25.3 Å². The fraction of sp³-hybridized carbons (Fsp3) is 0.105. The Bertz CT molecular complexity index is 977. The topological polar surface area (TPSA) is 85.4 Å². The van der Waals surface area contributed by atoms with Gasteiger partial charge in [0, 0.05) is 6.07 Å². The van der Waals surface area contributed by atoms with Gasteiger partial charge in [-0.15, -0.1) is 0 Å². The minimum Gasteiger partial charge on any atom is -0.497 e. The zero-order chi connectivity index (χ0) is 20.1. The molecule has 0 aliphatic rings. The van der Waals surface area contributed by atoms with Crippen molar-refractivity contribution < 1.29 is 23.0 Å². The van der Waals surface area contributed by atoms with E-state index in [1.165, 1.54) is 25.6 Å². The Labute approximate surface area is 159 Å². The number of anilines is 3. The molecule has 0 atom stereocenters. The van der Waals surface area contributed by atoms with Crippen molar-refractivity contribution in [1.82, 2.24) is 9.97 Å². The first-order valence-corrected chi connectivity index (χ1v) is 8.08. The predicted molar refractivity (Wildman–Crippen MR) is 99.2 cm³/mol. The predicted octanol–water partition coefficient (Wildman–Crippen LogP) is 3.77. The average Bonchev–Trinajstić information content (AvgIpc) is 2.71. The summed E-state index contributed by atoms with van der Waals surface area (Å²) in [5.74, 6) is -1.06. The van der Waals surface area contributed by atoms with Crippen LogP contribution in [-0.2, 0) is 0 Å². The van der Waals surface area contributed by atoms with Crippen LogP contribution < -0.4 is 20.1 Å². The van der Waals surface area contributed by atoms with Crippen molar-refractivity contribution in [1.29, 1.82) is 0 Å². The van der Waals surface area contributed by atoms with E-state index in [0.29, 0.717) is 23.0 Å². The smallest absolute Gasteiger partial charge is 0.276 e.